The maximum atomic E-state index is 12.4. The fourth-order valence-electron chi connectivity index (χ4n) is 5.47. The Morgan fingerprint density at radius 1 is 0.904 bits per heavy atom. The second-order valence-corrected chi connectivity index (χ2v) is 17.3. The van der Waals surface area contributed by atoms with E-state index >= 15 is 0 Å². The number of thioether (sulfide) groups is 1. The zero-order valence-electron chi connectivity index (χ0n) is 26.3. The molecule has 0 radical (unpaired) electrons. The van der Waals surface area contributed by atoms with E-state index in [0.717, 1.165) is 15.4 Å². The minimum atomic E-state index is -6.17. The molecular weight excluding hydrogens is 831 g/mol. The lowest BCUT2D eigenvalue weighted by molar-refractivity contribution is -0.249. The summed E-state index contributed by atoms with van der Waals surface area (Å²) in [6, 6.07) is 18.4. The molecule has 4 heterocycles. The van der Waals surface area contributed by atoms with Gasteiger partial charge in [-0.05, 0) is 41.3 Å². The van der Waals surface area contributed by atoms with Crippen LogP contribution in [0.5, 0.6) is 5.75 Å². The van der Waals surface area contributed by atoms with Gasteiger partial charge in [0.2, 0.25) is 0 Å². The van der Waals surface area contributed by atoms with E-state index in [1.54, 1.807) is 41.1 Å². The number of phosphoric acid groups is 3. The topological polar surface area (TPSA) is 255 Å². The smallest absolute Gasteiger partial charge is 0.326 e. The van der Waals surface area contributed by atoms with Gasteiger partial charge in [0, 0.05) is 16.2 Å². The predicted octanol–water partition coefficient (Wildman–Crippen LogP) is 3.54. The minimum Gasteiger partial charge on any atom is -0.756 e. The number of benzene rings is 3. The van der Waals surface area contributed by atoms with Crippen LogP contribution in [0.25, 0.3) is 38.8 Å². The third kappa shape index (κ3) is 7.78. The molecule has 3 aromatic heterocycles. The van der Waals surface area contributed by atoms with Crippen LogP contribution in [0.15, 0.2) is 88.9 Å². The first-order valence-corrected chi connectivity index (χ1v) is 21.3. The number of ether oxygens (including phenoxy) is 1. The van der Waals surface area contributed by atoms with Crippen molar-refractivity contribution in [2.75, 3.05) is 12.9 Å². The van der Waals surface area contributed by atoms with Crippen LogP contribution in [0.3, 0.4) is 0 Å². The van der Waals surface area contributed by atoms with Crippen molar-refractivity contribution in [1.29, 1.82) is 0 Å². The highest BCUT2D eigenvalue weighted by atomic mass is 79.9. The number of fused-ring (bicyclic) bond motifs is 4. The molecule has 0 bridgehead atoms. The number of imidazole rings is 2. The molecule has 1 aliphatic rings. The van der Waals surface area contributed by atoms with Gasteiger partial charge in [0.25, 0.3) is 15.6 Å². The highest BCUT2D eigenvalue weighted by molar-refractivity contribution is 9.10. The molecular formula is C29H24BrN5O13P3S-3. The fourth-order valence-corrected chi connectivity index (χ4v) is 9.61. The number of rotatable bonds is 12. The standard InChI is InChI=1S/C29H27BrN5O13P3S/c1-52-29-33-27-23(26-32-21(13-34(26)29)17-6-9-19(30)10-7-17)31-15-35(27)28-25(37)24(36)22(45-28)14-44-49(38,39)47-51(42,43)48-50(40,41)46-20-11-8-16-4-2-3-5-18(16)12-20/h2-13,15,22,24-25,28,36-37H,14H2,1H3,(H,38,39)(H,40,41)(H,42,43)/p-3/t22-,24+,25?,28-/m1/s1. The lowest BCUT2D eigenvalue weighted by Gasteiger charge is -2.34. The van der Waals surface area contributed by atoms with E-state index in [1.165, 1.54) is 40.9 Å². The fraction of sp³-hybridized carbons (Fsp3) is 0.207. The van der Waals surface area contributed by atoms with E-state index in [0.29, 0.717) is 27.4 Å². The van der Waals surface area contributed by atoms with E-state index < -0.39 is 54.6 Å². The number of aliphatic hydroxyl groups is 2. The van der Waals surface area contributed by atoms with Crippen LogP contribution in [0.1, 0.15) is 6.23 Å². The molecule has 2 N–H and O–H groups in total. The Balaban J connectivity index is 1.03. The quantitative estimate of drug-likeness (QED) is 0.101. The van der Waals surface area contributed by atoms with E-state index in [-0.39, 0.29) is 11.4 Å². The van der Waals surface area contributed by atoms with Crippen molar-refractivity contribution in [2.45, 2.75) is 29.7 Å². The minimum absolute atomic E-state index is 0.220. The Hall–Kier alpha value is -3.03. The molecule has 1 aliphatic heterocycles. The molecule has 6 aromatic rings. The van der Waals surface area contributed by atoms with Crippen LogP contribution in [-0.2, 0) is 31.6 Å². The molecule has 4 unspecified atom stereocenters. The first-order chi connectivity index (χ1) is 24.6. The molecule has 0 aliphatic carbocycles. The summed E-state index contributed by atoms with van der Waals surface area (Å²) in [6.07, 6.45) is -1.44. The lowest BCUT2D eigenvalue weighted by Crippen LogP contribution is -2.34. The Morgan fingerprint density at radius 2 is 1.62 bits per heavy atom. The largest absolute Gasteiger partial charge is 0.756 e. The van der Waals surface area contributed by atoms with E-state index in [1.807, 2.05) is 24.3 Å². The Kier molecular flexibility index (Phi) is 10.3. The summed E-state index contributed by atoms with van der Waals surface area (Å²) >= 11 is 4.72. The predicted molar refractivity (Wildman–Crippen MR) is 183 cm³/mol. The SMILES string of the molecule is CSc1nc2c(ncn2[C@@H]2O[C@H](COP(=O)([O-])OP(=O)([O-])OP(=O)([O-])Oc3ccc4ccccc4c3)[C@H](O)C2O)c2nc(-c3ccc(Br)cc3)cn12. The maximum Gasteiger partial charge on any atom is 0.326 e. The summed E-state index contributed by atoms with van der Waals surface area (Å²) in [7, 11) is -17.8. The van der Waals surface area contributed by atoms with Gasteiger partial charge < -0.3 is 38.7 Å². The zero-order valence-corrected chi connectivity index (χ0v) is 31.4. The lowest BCUT2D eigenvalue weighted by atomic mass is 10.1. The molecule has 18 nitrogen and oxygen atoms in total. The molecule has 7 atom stereocenters. The maximum absolute atomic E-state index is 12.4. The number of halogens is 1. The van der Waals surface area contributed by atoms with Crippen LogP contribution < -0.4 is 19.2 Å². The van der Waals surface area contributed by atoms with Crippen molar-refractivity contribution < 1.29 is 61.0 Å². The van der Waals surface area contributed by atoms with Crippen LogP contribution in [0, 0.1) is 0 Å². The van der Waals surface area contributed by atoms with Gasteiger partial charge >= 0.3 is 7.82 Å². The summed E-state index contributed by atoms with van der Waals surface area (Å²) in [5.41, 5.74) is 2.47. The zero-order chi connectivity index (χ0) is 37.0. The third-order valence-electron chi connectivity index (χ3n) is 7.76. The number of phosphoric ester groups is 2. The van der Waals surface area contributed by atoms with Crippen LogP contribution in [0.4, 0.5) is 0 Å². The molecule has 0 amide bonds. The molecule has 1 fully saturated rings. The van der Waals surface area contributed by atoms with Gasteiger partial charge in [-0.1, -0.05) is 70.2 Å². The normalized spacial score (nSPS) is 22.8. The van der Waals surface area contributed by atoms with Crippen molar-refractivity contribution in [1.82, 2.24) is 23.9 Å². The van der Waals surface area contributed by atoms with Gasteiger partial charge in [-0.3, -0.25) is 22.7 Å². The highest BCUT2D eigenvalue weighted by Gasteiger charge is 2.45. The van der Waals surface area contributed by atoms with Gasteiger partial charge in [0.1, 0.15) is 24.1 Å². The molecule has 274 valence electrons. The molecule has 7 rings (SSSR count). The molecule has 0 saturated carbocycles. The van der Waals surface area contributed by atoms with Crippen LogP contribution in [0.2, 0.25) is 0 Å². The second kappa shape index (κ2) is 14.3. The van der Waals surface area contributed by atoms with Crippen LogP contribution in [-0.4, -0.2) is 65.3 Å². The first-order valence-electron chi connectivity index (χ1n) is 14.9. The van der Waals surface area contributed by atoms with Crippen molar-refractivity contribution in [3.8, 4) is 17.0 Å². The number of aliphatic hydroxyl groups excluding tert-OH is 2. The Labute approximate surface area is 305 Å². The summed E-state index contributed by atoms with van der Waals surface area (Å²) in [5, 5.41) is 23.4. The number of nitrogens with zero attached hydrogens (tertiary/aromatic N) is 5. The Bertz CT molecular complexity index is 2450. The van der Waals surface area contributed by atoms with Crippen molar-refractivity contribution >= 4 is 78.7 Å². The molecule has 0 spiro atoms. The molecule has 52 heavy (non-hydrogen) atoms. The molecule has 1 saturated heterocycles. The van der Waals surface area contributed by atoms with Gasteiger partial charge in [0.15, 0.2) is 28.2 Å². The monoisotopic (exact) mass is 854 g/mol. The van der Waals surface area contributed by atoms with Crippen molar-refractivity contribution in [2.24, 2.45) is 0 Å². The summed E-state index contributed by atoms with van der Waals surface area (Å²) in [6.45, 7) is -1.06. The van der Waals surface area contributed by atoms with Gasteiger partial charge in [-0.2, -0.15) is 0 Å². The Morgan fingerprint density at radius 3 is 2.35 bits per heavy atom. The summed E-state index contributed by atoms with van der Waals surface area (Å²) < 4.78 is 63.8. The van der Waals surface area contributed by atoms with Gasteiger partial charge in [0.05, 0.1) is 18.6 Å². The molecule has 23 heteroatoms. The van der Waals surface area contributed by atoms with Crippen LogP contribution >= 0.6 is 51.2 Å². The number of hydrogen-bond donors (Lipinski definition) is 2. The summed E-state index contributed by atoms with van der Waals surface area (Å²) in [4.78, 5) is 50.8. The van der Waals surface area contributed by atoms with E-state index in [2.05, 4.69) is 43.6 Å². The van der Waals surface area contributed by atoms with Gasteiger partial charge in [-0.15, -0.1) is 0 Å². The average Bonchev–Trinajstić information content (AvgIpc) is 3.78. The average molecular weight is 855 g/mol. The number of hydrogen-bond acceptors (Lipinski definition) is 17. The van der Waals surface area contributed by atoms with E-state index in [9.17, 15) is 38.6 Å². The first kappa shape index (κ1) is 37.3. The van der Waals surface area contributed by atoms with Gasteiger partial charge in [-0.25, -0.2) is 23.6 Å². The second-order valence-electron chi connectivity index (χ2n) is 11.2. The van der Waals surface area contributed by atoms with E-state index in [4.69, 9.17) is 9.72 Å². The summed E-state index contributed by atoms with van der Waals surface area (Å²) in [5.74, 6) is -0.315. The van der Waals surface area contributed by atoms with Crippen molar-refractivity contribution in [3.05, 3.63) is 83.7 Å². The number of aromatic nitrogens is 5. The molecule has 3 aromatic carbocycles. The highest BCUT2D eigenvalue weighted by Crippen LogP contribution is 2.63. The third-order valence-corrected chi connectivity index (χ3v) is 13.0. The van der Waals surface area contributed by atoms with Crippen molar-refractivity contribution in [3.63, 3.8) is 0 Å².